The van der Waals surface area contributed by atoms with E-state index >= 15 is 0 Å². The van der Waals surface area contributed by atoms with E-state index in [1.807, 2.05) is 24.3 Å². The van der Waals surface area contributed by atoms with Crippen LogP contribution in [0.15, 0.2) is 61.2 Å². The monoisotopic (exact) mass is 411 g/mol. The SMILES string of the molecule is C=CCNCC(=O)Nc1ccc(N2CCN(C(=O)Nc3ccccc3F)CC2)cc1. The van der Waals surface area contributed by atoms with Gasteiger partial charge >= 0.3 is 6.03 Å². The fraction of sp³-hybridized carbons (Fsp3) is 0.273. The first-order valence-corrected chi connectivity index (χ1v) is 9.84. The molecule has 0 unspecified atom stereocenters. The predicted molar refractivity (Wildman–Crippen MR) is 117 cm³/mol. The van der Waals surface area contributed by atoms with Gasteiger partial charge in [0.05, 0.1) is 12.2 Å². The molecule has 0 saturated carbocycles. The Morgan fingerprint density at radius 2 is 1.70 bits per heavy atom. The molecule has 0 spiro atoms. The molecule has 0 aromatic heterocycles. The quantitative estimate of drug-likeness (QED) is 0.484. The number of hydrogen-bond donors (Lipinski definition) is 3. The van der Waals surface area contributed by atoms with Gasteiger partial charge < -0.3 is 25.8 Å². The average Bonchev–Trinajstić information content (AvgIpc) is 2.76. The highest BCUT2D eigenvalue weighted by Gasteiger charge is 2.22. The highest BCUT2D eigenvalue weighted by molar-refractivity contribution is 5.92. The third-order valence-corrected chi connectivity index (χ3v) is 4.77. The van der Waals surface area contributed by atoms with Gasteiger partial charge in [-0.2, -0.15) is 0 Å². The van der Waals surface area contributed by atoms with Crippen molar-refractivity contribution in [3.63, 3.8) is 0 Å². The molecule has 8 heteroatoms. The first-order valence-electron chi connectivity index (χ1n) is 9.84. The molecule has 3 rings (SSSR count). The summed E-state index contributed by atoms with van der Waals surface area (Å²) in [6.07, 6.45) is 1.70. The van der Waals surface area contributed by atoms with E-state index < -0.39 is 5.82 Å². The van der Waals surface area contributed by atoms with Gasteiger partial charge in [0.1, 0.15) is 5.82 Å². The highest BCUT2D eigenvalue weighted by atomic mass is 19.1. The number of piperazine rings is 1. The number of carbonyl (C=O) groups is 2. The maximum Gasteiger partial charge on any atom is 0.322 e. The Bertz CT molecular complexity index is 879. The van der Waals surface area contributed by atoms with Gasteiger partial charge in [-0.1, -0.05) is 18.2 Å². The number of hydrogen-bond acceptors (Lipinski definition) is 4. The van der Waals surface area contributed by atoms with Crippen LogP contribution in [0.2, 0.25) is 0 Å². The van der Waals surface area contributed by atoms with Crippen molar-refractivity contribution in [2.75, 3.05) is 54.8 Å². The van der Waals surface area contributed by atoms with Gasteiger partial charge in [0.15, 0.2) is 0 Å². The minimum Gasteiger partial charge on any atom is -0.368 e. The second kappa shape index (κ2) is 10.4. The smallest absolute Gasteiger partial charge is 0.322 e. The standard InChI is InChI=1S/C22H26FN5O2/c1-2-11-24-16-21(29)25-17-7-9-18(10-8-17)27-12-14-28(15-13-27)22(30)26-20-6-4-3-5-19(20)23/h2-10,24H,1,11-16H2,(H,25,29)(H,26,30). The molecule has 0 atom stereocenters. The summed E-state index contributed by atoms with van der Waals surface area (Å²) in [6.45, 7) is 6.81. The van der Waals surface area contributed by atoms with Gasteiger partial charge in [-0.15, -0.1) is 6.58 Å². The zero-order valence-corrected chi connectivity index (χ0v) is 16.7. The second-order valence-corrected chi connectivity index (χ2v) is 6.90. The summed E-state index contributed by atoms with van der Waals surface area (Å²) < 4.78 is 13.7. The maximum atomic E-state index is 13.7. The predicted octanol–water partition coefficient (Wildman–Crippen LogP) is 2.89. The Labute approximate surface area is 175 Å². The van der Waals surface area contributed by atoms with Gasteiger partial charge in [-0.25, -0.2) is 9.18 Å². The lowest BCUT2D eigenvalue weighted by Crippen LogP contribution is -2.50. The number of halogens is 1. The number of anilines is 3. The van der Waals surface area contributed by atoms with Crippen LogP contribution in [0.5, 0.6) is 0 Å². The van der Waals surface area contributed by atoms with Gasteiger partial charge in [0.2, 0.25) is 5.91 Å². The summed E-state index contributed by atoms with van der Waals surface area (Å²) in [4.78, 5) is 28.1. The number of urea groups is 1. The highest BCUT2D eigenvalue weighted by Crippen LogP contribution is 2.20. The molecule has 3 amide bonds. The van der Waals surface area contributed by atoms with Gasteiger partial charge in [0.25, 0.3) is 0 Å². The lowest BCUT2D eigenvalue weighted by molar-refractivity contribution is -0.115. The normalized spacial score (nSPS) is 13.6. The number of rotatable bonds is 7. The summed E-state index contributed by atoms with van der Waals surface area (Å²) in [5.74, 6) is -0.563. The third kappa shape index (κ3) is 5.81. The zero-order chi connectivity index (χ0) is 21.3. The zero-order valence-electron chi connectivity index (χ0n) is 16.7. The summed E-state index contributed by atoms with van der Waals surface area (Å²) in [5, 5.41) is 8.41. The summed E-state index contributed by atoms with van der Waals surface area (Å²) in [6, 6.07) is 13.4. The molecule has 1 aliphatic rings. The molecule has 0 bridgehead atoms. The number of nitrogens with zero attached hydrogens (tertiary/aromatic N) is 2. The van der Waals surface area contributed by atoms with E-state index in [9.17, 15) is 14.0 Å². The molecule has 30 heavy (non-hydrogen) atoms. The summed E-state index contributed by atoms with van der Waals surface area (Å²) in [5.41, 5.74) is 1.93. The van der Waals surface area contributed by atoms with E-state index in [4.69, 9.17) is 0 Å². The Hall–Kier alpha value is -3.39. The van der Waals surface area contributed by atoms with Crippen LogP contribution in [0, 0.1) is 5.82 Å². The number of nitrogens with one attached hydrogen (secondary N) is 3. The first-order chi connectivity index (χ1) is 14.6. The van der Waals surface area contributed by atoms with Gasteiger partial charge in [-0.3, -0.25) is 4.79 Å². The van der Waals surface area contributed by atoms with Crippen LogP contribution in [0.25, 0.3) is 0 Å². The Morgan fingerprint density at radius 1 is 1.00 bits per heavy atom. The first kappa shape index (κ1) is 21.3. The molecule has 1 aliphatic heterocycles. The van der Waals surface area contributed by atoms with Crippen LogP contribution >= 0.6 is 0 Å². The Morgan fingerprint density at radius 3 is 2.37 bits per heavy atom. The van der Waals surface area contributed by atoms with E-state index in [0.717, 1.165) is 11.4 Å². The van der Waals surface area contributed by atoms with Crippen molar-refractivity contribution in [1.82, 2.24) is 10.2 Å². The molecular weight excluding hydrogens is 385 g/mol. The molecule has 158 valence electrons. The molecule has 0 aliphatic carbocycles. The van der Waals surface area contributed by atoms with Gasteiger partial charge in [0, 0.05) is 44.1 Å². The van der Waals surface area contributed by atoms with E-state index in [1.165, 1.54) is 6.07 Å². The summed E-state index contributed by atoms with van der Waals surface area (Å²) >= 11 is 0. The van der Waals surface area contributed by atoms with Crippen molar-refractivity contribution in [3.8, 4) is 0 Å². The lowest BCUT2D eigenvalue weighted by Gasteiger charge is -2.36. The average molecular weight is 411 g/mol. The van der Waals surface area contributed by atoms with Crippen LogP contribution in [-0.4, -0.2) is 56.1 Å². The van der Waals surface area contributed by atoms with Crippen molar-refractivity contribution < 1.29 is 14.0 Å². The van der Waals surface area contributed by atoms with E-state index in [-0.39, 0.29) is 24.2 Å². The second-order valence-electron chi connectivity index (χ2n) is 6.90. The topological polar surface area (TPSA) is 76.7 Å². The van der Waals surface area contributed by atoms with Crippen molar-refractivity contribution >= 4 is 29.0 Å². The fourth-order valence-electron chi connectivity index (χ4n) is 3.17. The third-order valence-electron chi connectivity index (χ3n) is 4.77. The minimum atomic E-state index is -0.451. The molecule has 3 N–H and O–H groups in total. The van der Waals surface area contributed by atoms with Crippen LogP contribution in [0.3, 0.4) is 0 Å². The Balaban J connectivity index is 1.47. The van der Waals surface area contributed by atoms with Crippen LogP contribution < -0.4 is 20.9 Å². The van der Waals surface area contributed by atoms with Crippen LogP contribution in [-0.2, 0) is 4.79 Å². The van der Waals surface area contributed by atoms with E-state index in [1.54, 1.807) is 29.2 Å². The lowest BCUT2D eigenvalue weighted by atomic mass is 10.2. The van der Waals surface area contributed by atoms with Crippen LogP contribution in [0.1, 0.15) is 0 Å². The maximum absolute atomic E-state index is 13.7. The molecule has 0 radical (unpaired) electrons. The molecule has 1 fully saturated rings. The molecule has 2 aromatic carbocycles. The van der Waals surface area contributed by atoms with Crippen LogP contribution in [0.4, 0.5) is 26.2 Å². The molecule has 1 saturated heterocycles. The van der Waals surface area contributed by atoms with Crippen molar-refractivity contribution in [1.29, 1.82) is 0 Å². The van der Waals surface area contributed by atoms with E-state index in [0.29, 0.717) is 32.7 Å². The van der Waals surface area contributed by atoms with Crippen molar-refractivity contribution in [2.24, 2.45) is 0 Å². The minimum absolute atomic E-state index is 0.112. The van der Waals surface area contributed by atoms with Gasteiger partial charge in [-0.05, 0) is 36.4 Å². The fourth-order valence-corrected chi connectivity index (χ4v) is 3.17. The molecule has 7 nitrogen and oxygen atoms in total. The molecule has 1 heterocycles. The Kier molecular flexibility index (Phi) is 7.40. The molecular formula is C22H26FN5O2. The molecule has 2 aromatic rings. The summed E-state index contributed by atoms with van der Waals surface area (Å²) in [7, 11) is 0. The van der Waals surface area contributed by atoms with E-state index in [2.05, 4.69) is 27.4 Å². The van der Waals surface area contributed by atoms with Crippen molar-refractivity contribution in [2.45, 2.75) is 0 Å². The number of para-hydroxylation sites is 1. The number of benzene rings is 2. The van der Waals surface area contributed by atoms with Crippen molar-refractivity contribution in [3.05, 3.63) is 67.0 Å². The largest absolute Gasteiger partial charge is 0.368 e. The number of amides is 3. The number of carbonyl (C=O) groups excluding carboxylic acids is 2.